The molecule has 0 aliphatic rings. The summed E-state index contributed by atoms with van der Waals surface area (Å²) in [6.07, 6.45) is 5.70. The Morgan fingerprint density at radius 3 is 2.54 bits per heavy atom. The number of nitrogens with two attached hydrogens (primary N) is 1. The second-order valence-electron chi connectivity index (χ2n) is 3.17. The van der Waals surface area contributed by atoms with Crippen molar-refractivity contribution in [3.05, 3.63) is 0 Å². The molecule has 3 heteroatoms. The number of hydrogen-bond donors (Lipinski definition) is 1. The second-order valence-corrected chi connectivity index (χ2v) is 3.17. The maximum absolute atomic E-state index is 10.9. The average Bonchev–Trinajstić information content (AvgIpc) is 2.11. The molecular formula is C10H21NO2. The van der Waals surface area contributed by atoms with Gasteiger partial charge in [0.2, 0.25) is 0 Å². The van der Waals surface area contributed by atoms with Gasteiger partial charge in [0, 0.05) is 6.42 Å². The largest absolute Gasteiger partial charge is 0.466 e. The van der Waals surface area contributed by atoms with Gasteiger partial charge in [-0.1, -0.05) is 19.8 Å². The van der Waals surface area contributed by atoms with Crippen LogP contribution in [0.5, 0.6) is 0 Å². The van der Waals surface area contributed by atoms with Crippen molar-refractivity contribution in [3.8, 4) is 0 Å². The topological polar surface area (TPSA) is 52.3 Å². The number of ether oxygens (including phenoxy) is 1. The second kappa shape index (κ2) is 9.52. The SMILES string of the molecule is CCCC(=O)OCCCCCCN. The molecule has 0 aliphatic heterocycles. The zero-order chi connectivity index (χ0) is 9.94. The molecule has 0 bridgehead atoms. The summed E-state index contributed by atoms with van der Waals surface area (Å²) in [5.41, 5.74) is 5.35. The van der Waals surface area contributed by atoms with Crippen molar-refractivity contribution in [1.82, 2.24) is 0 Å². The predicted molar refractivity (Wildman–Crippen MR) is 53.4 cm³/mol. The molecule has 0 aromatic carbocycles. The summed E-state index contributed by atoms with van der Waals surface area (Å²) in [5.74, 6) is -0.0682. The molecule has 2 N–H and O–H groups in total. The van der Waals surface area contributed by atoms with E-state index in [4.69, 9.17) is 10.5 Å². The van der Waals surface area contributed by atoms with E-state index in [0.717, 1.165) is 38.6 Å². The lowest BCUT2D eigenvalue weighted by Gasteiger charge is -2.03. The maximum atomic E-state index is 10.9. The fraction of sp³-hybridized carbons (Fsp3) is 0.900. The lowest BCUT2D eigenvalue weighted by molar-refractivity contribution is -0.143. The van der Waals surface area contributed by atoms with E-state index < -0.39 is 0 Å². The van der Waals surface area contributed by atoms with Crippen LogP contribution in [0, 0.1) is 0 Å². The third-order valence-electron chi connectivity index (χ3n) is 1.82. The quantitative estimate of drug-likeness (QED) is 0.466. The summed E-state index contributed by atoms with van der Waals surface area (Å²) in [6.45, 7) is 3.31. The minimum atomic E-state index is -0.0682. The summed E-state index contributed by atoms with van der Waals surface area (Å²) in [7, 11) is 0. The van der Waals surface area contributed by atoms with Crippen LogP contribution in [-0.2, 0) is 9.53 Å². The van der Waals surface area contributed by atoms with Crippen LogP contribution in [0.15, 0.2) is 0 Å². The number of carbonyl (C=O) groups excluding carboxylic acids is 1. The Morgan fingerprint density at radius 2 is 1.92 bits per heavy atom. The van der Waals surface area contributed by atoms with Gasteiger partial charge in [-0.2, -0.15) is 0 Å². The molecule has 3 nitrogen and oxygen atoms in total. The highest BCUT2D eigenvalue weighted by atomic mass is 16.5. The average molecular weight is 187 g/mol. The summed E-state index contributed by atoms with van der Waals surface area (Å²) in [4.78, 5) is 10.9. The molecule has 13 heavy (non-hydrogen) atoms. The van der Waals surface area contributed by atoms with Crippen LogP contribution in [-0.4, -0.2) is 19.1 Å². The van der Waals surface area contributed by atoms with Crippen LogP contribution in [0.4, 0.5) is 0 Å². The van der Waals surface area contributed by atoms with Gasteiger partial charge in [-0.3, -0.25) is 4.79 Å². The van der Waals surface area contributed by atoms with Crippen molar-refractivity contribution in [2.75, 3.05) is 13.2 Å². The van der Waals surface area contributed by atoms with Crippen LogP contribution in [0.25, 0.3) is 0 Å². The van der Waals surface area contributed by atoms with Crippen molar-refractivity contribution in [2.24, 2.45) is 5.73 Å². The Kier molecular flexibility index (Phi) is 9.10. The molecule has 0 unspecified atom stereocenters. The zero-order valence-corrected chi connectivity index (χ0v) is 8.55. The molecule has 78 valence electrons. The van der Waals surface area contributed by atoms with Crippen LogP contribution in [0.1, 0.15) is 45.4 Å². The highest BCUT2D eigenvalue weighted by Crippen LogP contribution is 2.00. The molecule has 0 rings (SSSR count). The molecule has 0 atom stereocenters. The predicted octanol–water partition coefficient (Wildman–Crippen LogP) is 1.85. The molecule has 0 aliphatic carbocycles. The summed E-state index contributed by atoms with van der Waals surface area (Å²) >= 11 is 0. The van der Waals surface area contributed by atoms with E-state index >= 15 is 0 Å². The molecular weight excluding hydrogens is 166 g/mol. The molecule has 0 saturated heterocycles. The van der Waals surface area contributed by atoms with Crippen molar-refractivity contribution < 1.29 is 9.53 Å². The third-order valence-corrected chi connectivity index (χ3v) is 1.82. The van der Waals surface area contributed by atoms with Gasteiger partial charge in [0.25, 0.3) is 0 Å². The maximum Gasteiger partial charge on any atom is 0.305 e. The minimum absolute atomic E-state index is 0.0682. The zero-order valence-electron chi connectivity index (χ0n) is 8.55. The molecule has 0 amide bonds. The molecule has 0 fully saturated rings. The van der Waals surface area contributed by atoms with Gasteiger partial charge in [0.05, 0.1) is 6.61 Å². The van der Waals surface area contributed by atoms with Crippen LogP contribution in [0.2, 0.25) is 0 Å². The van der Waals surface area contributed by atoms with Crippen molar-refractivity contribution >= 4 is 5.97 Å². The van der Waals surface area contributed by atoms with Gasteiger partial charge in [-0.15, -0.1) is 0 Å². The number of rotatable bonds is 8. The monoisotopic (exact) mass is 187 g/mol. The Morgan fingerprint density at radius 1 is 1.23 bits per heavy atom. The number of hydrogen-bond acceptors (Lipinski definition) is 3. The smallest absolute Gasteiger partial charge is 0.305 e. The number of carbonyl (C=O) groups is 1. The fourth-order valence-corrected chi connectivity index (χ4v) is 1.06. The first-order chi connectivity index (χ1) is 6.31. The highest BCUT2D eigenvalue weighted by Gasteiger charge is 1.99. The van der Waals surface area contributed by atoms with Gasteiger partial charge in [-0.05, 0) is 25.8 Å². The van der Waals surface area contributed by atoms with E-state index in [1.165, 1.54) is 0 Å². The molecule has 0 saturated carbocycles. The number of esters is 1. The lowest BCUT2D eigenvalue weighted by atomic mass is 10.2. The standard InChI is InChI=1S/C10H21NO2/c1-2-7-10(12)13-9-6-4-3-5-8-11/h2-9,11H2,1H3. The number of unbranched alkanes of at least 4 members (excludes halogenated alkanes) is 3. The van der Waals surface area contributed by atoms with E-state index in [1.54, 1.807) is 0 Å². The van der Waals surface area contributed by atoms with Crippen molar-refractivity contribution in [2.45, 2.75) is 45.4 Å². The summed E-state index contributed by atoms with van der Waals surface area (Å²) in [6, 6.07) is 0. The van der Waals surface area contributed by atoms with E-state index in [2.05, 4.69) is 0 Å². The first-order valence-corrected chi connectivity index (χ1v) is 5.17. The van der Waals surface area contributed by atoms with Gasteiger partial charge in [0.15, 0.2) is 0 Å². The molecule has 0 heterocycles. The molecule has 0 aromatic rings. The fourth-order valence-electron chi connectivity index (χ4n) is 1.06. The Hall–Kier alpha value is -0.570. The highest BCUT2D eigenvalue weighted by molar-refractivity contribution is 5.69. The first-order valence-electron chi connectivity index (χ1n) is 5.17. The Balaban J connectivity index is 3.02. The van der Waals surface area contributed by atoms with E-state index in [9.17, 15) is 4.79 Å². The van der Waals surface area contributed by atoms with Crippen LogP contribution in [0.3, 0.4) is 0 Å². The van der Waals surface area contributed by atoms with Crippen LogP contribution >= 0.6 is 0 Å². The van der Waals surface area contributed by atoms with Gasteiger partial charge in [0.1, 0.15) is 0 Å². The Labute approximate surface area is 80.6 Å². The molecule has 0 spiro atoms. The van der Waals surface area contributed by atoms with E-state index in [0.29, 0.717) is 13.0 Å². The van der Waals surface area contributed by atoms with E-state index in [-0.39, 0.29) is 5.97 Å². The summed E-state index contributed by atoms with van der Waals surface area (Å²) in [5, 5.41) is 0. The first kappa shape index (κ1) is 12.4. The normalized spacial score (nSPS) is 10.0. The Bertz CT molecular complexity index is 126. The van der Waals surface area contributed by atoms with Crippen molar-refractivity contribution in [3.63, 3.8) is 0 Å². The summed E-state index contributed by atoms with van der Waals surface area (Å²) < 4.78 is 4.99. The molecule has 0 radical (unpaired) electrons. The third kappa shape index (κ3) is 9.34. The van der Waals surface area contributed by atoms with Gasteiger partial charge in [-0.25, -0.2) is 0 Å². The van der Waals surface area contributed by atoms with Crippen LogP contribution < -0.4 is 5.73 Å². The van der Waals surface area contributed by atoms with Gasteiger partial charge >= 0.3 is 5.97 Å². The van der Waals surface area contributed by atoms with Gasteiger partial charge < -0.3 is 10.5 Å². The molecule has 0 aromatic heterocycles. The minimum Gasteiger partial charge on any atom is -0.466 e. The van der Waals surface area contributed by atoms with E-state index in [1.807, 2.05) is 6.92 Å². The lowest BCUT2D eigenvalue weighted by Crippen LogP contribution is -2.05. The van der Waals surface area contributed by atoms with Crippen molar-refractivity contribution in [1.29, 1.82) is 0 Å².